The maximum absolute atomic E-state index is 12.3. The number of carbonyl (C=O) groups excluding carboxylic acids is 1. The summed E-state index contributed by atoms with van der Waals surface area (Å²) in [5, 5.41) is 1.25. The Morgan fingerprint density at radius 1 is 1.20 bits per heavy atom. The fourth-order valence-electron chi connectivity index (χ4n) is 3.73. The Labute approximate surface area is 126 Å². The number of ketones is 1. The zero-order chi connectivity index (χ0) is 14.3. The van der Waals surface area contributed by atoms with E-state index in [0.29, 0.717) is 18.1 Å². The van der Waals surface area contributed by atoms with Crippen LogP contribution in [0.2, 0.25) is 0 Å². The number of rotatable bonds is 2. The SMILES string of the molecule is CCC1CCC(c2nc3c(s2)C(=O)CC(C)(C)C3)CC1. The van der Waals surface area contributed by atoms with Gasteiger partial charge in [-0.1, -0.05) is 27.2 Å². The van der Waals surface area contributed by atoms with Crippen LogP contribution >= 0.6 is 11.3 Å². The number of carbonyl (C=O) groups is 1. The van der Waals surface area contributed by atoms with Gasteiger partial charge in [-0.05, 0) is 43.4 Å². The van der Waals surface area contributed by atoms with Crippen molar-refractivity contribution in [1.82, 2.24) is 4.98 Å². The molecule has 0 radical (unpaired) electrons. The molecule has 110 valence electrons. The summed E-state index contributed by atoms with van der Waals surface area (Å²) in [7, 11) is 0. The van der Waals surface area contributed by atoms with Gasteiger partial charge in [0.05, 0.1) is 15.6 Å². The van der Waals surface area contributed by atoms with E-state index in [1.165, 1.54) is 37.1 Å². The van der Waals surface area contributed by atoms with Crippen LogP contribution in [0.15, 0.2) is 0 Å². The summed E-state index contributed by atoms with van der Waals surface area (Å²) in [6.45, 7) is 6.66. The standard InChI is InChI=1S/C17H25NOS/c1-4-11-5-7-12(8-6-11)16-18-13-9-17(2,3)10-14(19)15(13)20-16/h11-12H,4-10H2,1-3H3. The third-order valence-electron chi connectivity index (χ3n) is 5.03. The van der Waals surface area contributed by atoms with Gasteiger partial charge in [-0.3, -0.25) is 4.79 Å². The van der Waals surface area contributed by atoms with Gasteiger partial charge in [-0.15, -0.1) is 11.3 Å². The van der Waals surface area contributed by atoms with Gasteiger partial charge in [0.1, 0.15) is 0 Å². The molecule has 1 saturated carbocycles. The lowest BCUT2D eigenvalue weighted by Gasteiger charge is -2.27. The highest BCUT2D eigenvalue weighted by molar-refractivity contribution is 7.14. The van der Waals surface area contributed by atoms with Gasteiger partial charge in [-0.2, -0.15) is 0 Å². The van der Waals surface area contributed by atoms with Crippen molar-refractivity contribution in [3.8, 4) is 0 Å². The molecule has 2 nitrogen and oxygen atoms in total. The molecule has 20 heavy (non-hydrogen) atoms. The summed E-state index contributed by atoms with van der Waals surface area (Å²) in [4.78, 5) is 18.1. The summed E-state index contributed by atoms with van der Waals surface area (Å²) in [6.07, 6.45) is 8.17. The summed E-state index contributed by atoms with van der Waals surface area (Å²) in [5.41, 5.74) is 1.18. The smallest absolute Gasteiger partial charge is 0.175 e. The van der Waals surface area contributed by atoms with Crippen LogP contribution < -0.4 is 0 Å². The molecule has 2 aliphatic carbocycles. The Morgan fingerprint density at radius 2 is 1.90 bits per heavy atom. The van der Waals surface area contributed by atoms with Gasteiger partial charge in [0.15, 0.2) is 5.78 Å². The van der Waals surface area contributed by atoms with Crippen LogP contribution in [0, 0.1) is 11.3 Å². The molecule has 0 atom stereocenters. The van der Waals surface area contributed by atoms with Crippen LogP contribution in [-0.2, 0) is 6.42 Å². The Kier molecular flexibility index (Phi) is 3.74. The first-order valence-corrected chi connectivity index (χ1v) is 8.83. The molecule has 3 heteroatoms. The zero-order valence-corrected chi connectivity index (χ0v) is 13.7. The van der Waals surface area contributed by atoms with Crippen LogP contribution in [0.5, 0.6) is 0 Å². The van der Waals surface area contributed by atoms with Crippen molar-refractivity contribution in [2.24, 2.45) is 11.3 Å². The van der Waals surface area contributed by atoms with Crippen molar-refractivity contribution in [2.45, 2.75) is 71.6 Å². The average molecular weight is 291 g/mol. The molecule has 0 aliphatic heterocycles. The summed E-state index contributed by atoms with van der Waals surface area (Å²) in [5.74, 6) is 1.85. The van der Waals surface area contributed by atoms with Crippen molar-refractivity contribution >= 4 is 17.1 Å². The Hall–Kier alpha value is -0.700. The lowest BCUT2D eigenvalue weighted by molar-refractivity contribution is 0.0916. The number of thiazole rings is 1. The van der Waals surface area contributed by atoms with Gasteiger partial charge >= 0.3 is 0 Å². The van der Waals surface area contributed by atoms with Crippen molar-refractivity contribution in [3.63, 3.8) is 0 Å². The monoisotopic (exact) mass is 291 g/mol. The highest BCUT2D eigenvalue weighted by atomic mass is 32.1. The molecule has 2 aliphatic rings. The maximum atomic E-state index is 12.3. The maximum Gasteiger partial charge on any atom is 0.175 e. The number of nitrogens with zero attached hydrogens (tertiary/aromatic N) is 1. The zero-order valence-electron chi connectivity index (χ0n) is 12.9. The van der Waals surface area contributed by atoms with Crippen molar-refractivity contribution in [3.05, 3.63) is 15.6 Å². The quantitative estimate of drug-likeness (QED) is 0.769. The van der Waals surface area contributed by atoms with Gasteiger partial charge < -0.3 is 0 Å². The van der Waals surface area contributed by atoms with Gasteiger partial charge in [0.2, 0.25) is 0 Å². The molecular weight excluding hydrogens is 266 g/mol. The number of aromatic nitrogens is 1. The van der Waals surface area contributed by atoms with Crippen molar-refractivity contribution in [1.29, 1.82) is 0 Å². The summed E-state index contributed by atoms with van der Waals surface area (Å²) >= 11 is 1.70. The highest BCUT2D eigenvalue weighted by Crippen LogP contribution is 2.42. The van der Waals surface area contributed by atoms with E-state index in [9.17, 15) is 4.79 Å². The molecule has 1 aromatic heterocycles. The second kappa shape index (κ2) is 5.25. The van der Waals surface area contributed by atoms with Crippen LogP contribution in [-0.4, -0.2) is 10.8 Å². The number of fused-ring (bicyclic) bond motifs is 1. The van der Waals surface area contributed by atoms with E-state index in [1.807, 2.05) is 0 Å². The number of Topliss-reactive ketones (excluding diaryl/α,β-unsaturated/α-hetero) is 1. The van der Waals surface area contributed by atoms with Gasteiger partial charge in [0, 0.05) is 12.3 Å². The Balaban J connectivity index is 1.79. The predicted octanol–water partition coefficient (Wildman–Crippen LogP) is 4.98. The number of hydrogen-bond donors (Lipinski definition) is 0. The molecule has 0 N–H and O–H groups in total. The van der Waals surface area contributed by atoms with Crippen LogP contribution in [0.3, 0.4) is 0 Å². The molecular formula is C17H25NOS. The molecule has 1 fully saturated rings. The third kappa shape index (κ3) is 2.69. The topological polar surface area (TPSA) is 30.0 Å². The number of hydrogen-bond acceptors (Lipinski definition) is 3. The molecule has 0 amide bonds. The molecule has 0 saturated heterocycles. The second-order valence-electron chi connectivity index (χ2n) is 7.39. The molecule has 0 aromatic carbocycles. The molecule has 0 unspecified atom stereocenters. The Bertz CT molecular complexity index is 509. The van der Waals surface area contributed by atoms with E-state index < -0.39 is 0 Å². The van der Waals surface area contributed by atoms with E-state index >= 15 is 0 Å². The van der Waals surface area contributed by atoms with E-state index in [2.05, 4.69) is 20.8 Å². The first-order valence-electron chi connectivity index (χ1n) is 8.01. The predicted molar refractivity (Wildman–Crippen MR) is 83.5 cm³/mol. The van der Waals surface area contributed by atoms with E-state index in [1.54, 1.807) is 11.3 Å². The minimum Gasteiger partial charge on any atom is -0.293 e. The minimum atomic E-state index is 0.0926. The van der Waals surface area contributed by atoms with Crippen molar-refractivity contribution < 1.29 is 4.79 Å². The van der Waals surface area contributed by atoms with E-state index in [-0.39, 0.29) is 5.41 Å². The average Bonchev–Trinajstić information content (AvgIpc) is 2.81. The molecule has 0 spiro atoms. The lowest BCUT2D eigenvalue weighted by Crippen LogP contribution is -2.26. The Morgan fingerprint density at radius 3 is 2.55 bits per heavy atom. The minimum absolute atomic E-state index is 0.0926. The van der Waals surface area contributed by atoms with Crippen LogP contribution in [0.1, 0.15) is 85.6 Å². The summed E-state index contributed by atoms with van der Waals surface area (Å²) < 4.78 is 0. The normalized spacial score (nSPS) is 29.2. The summed E-state index contributed by atoms with van der Waals surface area (Å²) in [6, 6.07) is 0. The van der Waals surface area contributed by atoms with E-state index in [4.69, 9.17) is 4.98 Å². The molecule has 3 rings (SSSR count). The van der Waals surface area contributed by atoms with Crippen LogP contribution in [0.4, 0.5) is 0 Å². The van der Waals surface area contributed by atoms with Crippen LogP contribution in [0.25, 0.3) is 0 Å². The van der Waals surface area contributed by atoms with Crippen molar-refractivity contribution in [2.75, 3.05) is 0 Å². The molecule has 0 bridgehead atoms. The van der Waals surface area contributed by atoms with E-state index in [0.717, 1.165) is 22.9 Å². The first kappa shape index (κ1) is 14.2. The fraction of sp³-hybridized carbons (Fsp3) is 0.765. The van der Waals surface area contributed by atoms with Gasteiger partial charge in [-0.25, -0.2) is 4.98 Å². The first-order chi connectivity index (χ1) is 9.48. The molecule has 1 heterocycles. The van der Waals surface area contributed by atoms with Gasteiger partial charge in [0.25, 0.3) is 0 Å². The largest absolute Gasteiger partial charge is 0.293 e. The molecule has 1 aromatic rings. The second-order valence-corrected chi connectivity index (χ2v) is 8.43. The lowest BCUT2D eigenvalue weighted by atomic mass is 9.78. The fourth-order valence-corrected chi connectivity index (χ4v) is 4.92. The highest BCUT2D eigenvalue weighted by Gasteiger charge is 2.35. The third-order valence-corrected chi connectivity index (χ3v) is 6.33.